The van der Waals surface area contributed by atoms with Crippen LogP contribution in [0.3, 0.4) is 0 Å². The summed E-state index contributed by atoms with van der Waals surface area (Å²) >= 11 is 0. The molecule has 3 rings (SSSR count). The molecule has 2 aliphatic heterocycles. The lowest BCUT2D eigenvalue weighted by Gasteiger charge is -2.40. The summed E-state index contributed by atoms with van der Waals surface area (Å²) in [6, 6.07) is 0.0505. The second-order valence-electron chi connectivity index (χ2n) is 6.23. The van der Waals surface area contributed by atoms with Crippen LogP contribution in [-0.4, -0.2) is 54.0 Å². The summed E-state index contributed by atoms with van der Waals surface area (Å²) in [5.41, 5.74) is 0. The van der Waals surface area contributed by atoms with Gasteiger partial charge in [-0.1, -0.05) is 0 Å². The molecule has 126 valence electrons. The minimum atomic E-state index is -0.160. The number of nitrogens with zero attached hydrogens (tertiary/aromatic N) is 2. The highest BCUT2D eigenvalue weighted by atomic mass is 16.5. The zero-order valence-electron chi connectivity index (χ0n) is 13.2. The first-order valence-electron chi connectivity index (χ1n) is 8.28. The van der Waals surface area contributed by atoms with Crippen LogP contribution >= 0.6 is 0 Å². The highest BCUT2D eigenvalue weighted by Gasteiger charge is 2.34. The minimum absolute atomic E-state index is 0.0505. The Morgan fingerprint density at radius 2 is 2.30 bits per heavy atom. The number of oxazole rings is 1. The van der Waals surface area contributed by atoms with Gasteiger partial charge in [0.2, 0.25) is 11.7 Å². The van der Waals surface area contributed by atoms with Gasteiger partial charge in [0.1, 0.15) is 0 Å². The van der Waals surface area contributed by atoms with Crippen molar-refractivity contribution in [3.05, 3.63) is 18.4 Å². The molecule has 0 aromatic carbocycles. The summed E-state index contributed by atoms with van der Waals surface area (Å²) in [5.74, 6) is 0.642. The normalized spacial score (nSPS) is 24.1. The Labute approximate surface area is 135 Å². The molecule has 0 radical (unpaired) electrons. The second-order valence-corrected chi connectivity index (χ2v) is 6.23. The van der Waals surface area contributed by atoms with E-state index < -0.39 is 0 Å². The van der Waals surface area contributed by atoms with Crippen molar-refractivity contribution in [1.82, 2.24) is 15.2 Å². The lowest BCUT2D eigenvalue weighted by Crippen LogP contribution is -2.55. The molecule has 1 aromatic heterocycles. The fraction of sp³-hybridized carbons (Fsp3) is 0.688. The third-order valence-corrected chi connectivity index (χ3v) is 4.62. The topological polar surface area (TPSA) is 84.7 Å². The number of nitrogens with one attached hydrogen (secondary N) is 1. The average Bonchev–Trinajstić information content (AvgIpc) is 3.07. The third kappa shape index (κ3) is 4.10. The summed E-state index contributed by atoms with van der Waals surface area (Å²) in [4.78, 5) is 29.6. The largest absolute Gasteiger partial charge is 0.438 e. The number of hydrogen-bond donors (Lipinski definition) is 1. The van der Waals surface area contributed by atoms with E-state index in [4.69, 9.17) is 9.15 Å². The Hall–Kier alpha value is -1.89. The van der Waals surface area contributed by atoms with Crippen LogP contribution in [0.2, 0.25) is 0 Å². The van der Waals surface area contributed by atoms with Crippen LogP contribution in [0.4, 0.5) is 0 Å². The number of carbonyl (C=O) groups is 2. The van der Waals surface area contributed by atoms with E-state index in [1.165, 1.54) is 12.6 Å². The van der Waals surface area contributed by atoms with Gasteiger partial charge < -0.3 is 19.4 Å². The zero-order chi connectivity index (χ0) is 16.1. The molecule has 3 heterocycles. The van der Waals surface area contributed by atoms with Crippen molar-refractivity contribution in [2.75, 3.05) is 26.3 Å². The van der Waals surface area contributed by atoms with Crippen LogP contribution in [-0.2, 0) is 9.53 Å². The number of amides is 2. The minimum Gasteiger partial charge on any atom is -0.438 e. The van der Waals surface area contributed by atoms with Crippen LogP contribution in [0, 0.1) is 5.92 Å². The zero-order valence-corrected chi connectivity index (χ0v) is 13.2. The number of rotatable bonds is 6. The van der Waals surface area contributed by atoms with Crippen molar-refractivity contribution in [3.8, 4) is 0 Å². The molecule has 2 saturated heterocycles. The smallest absolute Gasteiger partial charge is 0.291 e. The molecule has 2 atom stereocenters. The van der Waals surface area contributed by atoms with E-state index in [1.807, 2.05) is 0 Å². The van der Waals surface area contributed by atoms with Crippen LogP contribution in [0.1, 0.15) is 42.7 Å². The maximum absolute atomic E-state index is 12.1. The van der Waals surface area contributed by atoms with Gasteiger partial charge in [-0.05, 0) is 31.6 Å². The monoisotopic (exact) mass is 321 g/mol. The number of hydrogen-bond acceptors (Lipinski definition) is 5. The van der Waals surface area contributed by atoms with Gasteiger partial charge in [-0.15, -0.1) is 0 Å². The van der Waals surface area contributed by atoms with Crippen LogP contribution in [0.5, 0.6) is 0 Å². The molecule has 0 bridgehead atoms. The maximum Gasteiger partial charge on any atom is 0.291 e. The van der Waals surface area contributed by atoms with Gasteiger partial charge in [-0.3, -0.25) is 9.59 Å². The van der Waals surface area contributed by atoms with E-state index >= 15 is 0 Å². The molecule has 2 unspecified atom stereocenters. The maximum atomic E-state index is 12.1. The lowest BCUT2D eigenvalue weighted by molar-refractivity contribution is -0.122. The van der Waals surface area contributed by atoms with Crippen LogP contribution < -0.4 is 5.32 Å². The molecule has 0 spiro atoms. The van der Waals surface area contributed by atoms with E-state index in [-0.39, 0.29) is 23.6 Å². The molecule has 7 heteroatoms. The van der Waals surface area contributed by atoms with E-state index in [1.54, 1.807) is 4.90 Å². The molecule has 2 fully saturated rings. The van der Waals surface area contributed by atoms with Gasteiger partial charge in [0.15, 0.2) is 6.39 Å². The van der Waals surface area contributed by atoms with Gasteiger partial charge in [0.25, 0.3) is 5.91 Å². The number of likely N-dealkylation sites (tertiary alicyclic amines) is 1. The molecule has 0 aliphatic carbocycles. The Balaban J connectivity index is 1.36. The first-order valence-corrected chi connectivity index (χ1v) is 8.28. The second kappa shape index (κ2) is 7.59. The standard InChI is InChI=1S/C16H23N3O4/c20-15(4-3-12-2-1-7-22-10-12)18-8-13-5-6-19(13)16(21)14-9-17-11-23-14/h9,11-13H,1-8,10H2,(H,18,20). The molecular formula is C16H23N3O4. The predicted octanol–water partition coefficient (Wildman–Crippen LogP) is 1.21. The van der Waals surface area contributed by atoms with Crippen LogP contribution in [0.15, 0.2) is 17.0 Å². The molecule has 7 nitrogen and oxygen atoms in total. The van der Waals surface area contributed by atoms with Crippen molar-refractivity contribution in [2.24, 2.45) is 5.92 Å². The van der Waals surface area contributed by atoms with Crippen molar-refractivity contribution >= 4 is 11.8 Å². The summed E-state index contributed by atoms with van der Waals surface area (Å²) in [6.07, 6.45) is 7.20. The van der Waals surface area contributed by atoms with Gasteiger partial charge in [0, 0.05) is 32.7 Å². The number of carbonyl (C=O) groups excluding carboxylic acids is 2. The third-order valence-electron chi connectivity index (χ3n) is 4.62. The molecule has 1 N–H and O–H groups in total. The van der Waals surface area contributed by atoms with Crippen molar-refractivity contribution in [2.45, 2.75) is 38.1 Å². The molecule has 2 amide bonds. The Kier molecular flexibility index (Phi) is 5.27. The molecule has 2 aliphatic rings. The Bertz CT molecular complexity index is 525. The quantitative estimate of drug-likeness (QED) is 0.851. The van der Waals surface area contributed by atoms with Gasteiger partial charge in [0.05, 0.1) is 12.2 Å². The first kappa shape index (κ1) is 16.0. The highest BCUT2D eigenvalue weighted by Crippen LogP contribution is 2.21. The van der Waals surface area contributed by atoms with Crippen molar-refractivity contribution < 1.29 is 18.7 Å². The molecule has 0 saturated carbocycles. The van der Waals surface area contributed by atoms with Crippen molar-refractivity contribution in [3.63, 3.8) is 0 Å². The predicted molar refractivity (Wildman–Crippen MR) is 81.7 cm³/mol. The van der Waals surface area contributed by atoms with E-state index in [0.29, 0.717) is 25.4 Å². The summed E-state index contributed by atoms with van der Waals surface area (Å²) in [7, 11) is 0. The summed E-state index contributed by atoms with van der Waals surface area (Å²) < 4.78 is 10.5. The molecular weight excluding hydrogens is 298 g/mol. The van der Waals surface area contributed by atoms with Gasteiger partial charge in [-0.25, -0.2) is 4.98 Å². The van der Waals surface area contributed by atoms with Crippen molar-refractivity contribution in [1.29, 1.82) is 0 Å². The fourth-order valence-corrected chi connectivity index (χ4v) is 3.07. The Morgan fingerprint density at radius 1 is 1.39 bits per heavy atom. The summed E-state index contributed by atoms with van der Waals surface area (Å²) in [6.45, 7) is 2.81. The average molecular weight is 321 g/mol. The van der Waals surface area contributed by atoms with E-state index in [2.05, 4.69) is 10.3 Å². The molecule has 1 aromatic rings. The SMILES string of the molecule is O=C(CCC1CCCOC1)NCC1CCN1C(=O)c1cnco1. The summed E-state index contributed by atoms with van der Waals surface area (Å²) in [5, 5.41) is 2.93. The highest BCUT2D eigenvalue weighted by molar-refractivity contribution is 5.92. The fourth-order valence-electron chi connectivity index (χ4n) is 3.07. The number of aromatic nitrogens is 1. The first-order chi connectivity index (χ1) is 11.2. The van der Waals surface area contributed by atoms with Crippen LogP contribution in [0.25, 0.3) is 0 Å². The van der Waals surface area contributed by atoms with E-state index in [9.17, 15) is 9.59 Å². The lowest BCUT2D eigenvalue weighted by atomic mass is 9.96. The number of ether oxygens (including phenoxy) is 1. The Morgan fingerprint density at radius 3 is 2.96 bits per heavy atom. The molecule has 23 heavy (non-hydrogen) atoms. The van der Waals surface area contributed by atoms with Gasteiger partial charge in [-0.2, -0.15) is 0 Å². The van der Waals surface area contributed by atoms with E-state index in [0.717, 1.165) is 38.9 Å². The van der Waals surface area contributed by atoms with Gasteiger partial charge >= 0.3 is 0 Å².